The lowest BCUT2D eigenvalue weighted by molar-refractivity contribution is 0.305. The third-order valence-electron chi connectivity index (χ3n) is 2.64. The van der Waals surface area contributed by atoms with Crippen LogP contribution in [-0.2, 0) is 0 Å². The lowest BCUT2D eigenvalue weighted by atomic mass is 10.1. The molecule has 0 aliphatic heterocycles. The van der Waals surface area contributed by atoms with E-state index >= 15 is 0 Å². The van der Waals surface area contributed by atoms with Gasteiger partial charge in [0.1, 0.15) is 0 Å². The van der Waals surface area contributed by atoms with Gasteiger partial charge in [-0.15, -0.1) is 0 Å². The molecule has 0 radical (unpaired) electrons. The van der Waals surface area contributed by atoms with Crippen LogP contribution in [0, 0.1) is 12.8 Å². The van der Waals surface area contributed by atoms with E-state index in [1.54, 1.807) is 0 Å². The molecule has 5 heteroatoms. The Morgan fingerprint density at radius 2 is 2.11 bits per heavy atom. The van der Waals surface area contributed by atoms with E-state index in [0.717, 1.165) is 12.1 Å². The molecule has 0 aliphatic carbocycles. The standard InChI is InChI=1S/C13H24N4O/c1-5-6-18-12-7-10(4)16-13(17-12)15-8-11(14)9(2)3/h7,9,11H,5-6,8,14H2,1-4H3,(H,15,16,17). The normalized spacial score (nSPS) is 12.6. The van der Waals surface area contributed by atoms with Crippen LogP contribution in [0.5, 0.6) is 5.88 Å². The molecule has 1 aromatic heterocycles. The van der Waals surface area contributed by atoms with Gasteiger partial charge in [-0.3, -0.25) is 0 Å². The molecule has 102 valence electrons. The minimum atomic E-state index is 0.0918. The molecule has 1 aromatic rings. The van der Waals surface area contributed by atoms with Gasteiger partial charge in [0.05, 0.1) is 6.61 Å². The van der Waals surface area contributed by atoms with E-state index < -0.39 is 0 Å². The maximum atomic E-state index is 5.97. The zero-order valence-electron chi connectivity index (χ0n) is 11.7. The predicted octanol–water partition coefficient (Wildman–Crippen LogP) is 1.97. The molecule has 0 spiro atoms. The minimum Gasteiger partial charge on any atom is -0.478 e. The zero-order chi connectivity index (χ0) is 13.5. The van der Waals surface area contributed by atoms with E-state index in [4.69, 9.17) is 10.5 Å². The third kappa shape index (κ3) is 4.87. The molecule has 0 aliphatic rings. The molecule has 0 amide bonds. The second kappa shape index (κ2) is 7.16. The summed E-state index contributed by atoms with van der Waals surface area (Å²) in [5, 5.41) is 3.16. The van der Waals surface area contributed by atoms with E-state index in [1.165, 1.54) is 0 Å². The summed E-state index contributed by atoms with van der Waals surface area (Å²) in [7, 11) is 0. The van der Waals surface area contributed by atoms with Crippen molar-refractivity contribution in [2.75, 3.05) is 18.5 Å². The first-order valence-electron chi connectivity index (χ1n) is 6.50. The van der Waals surface area contributed by atoms with E-state index in [1.807, 2.05) is 13.0 Å². The van der Waals surface area contributed by atoms with Crippen molar-refractivity contribution in [3.63, 3.8) is 0 Å². The van der Waals surface area contributed by atoms with Crippen molar-refractivity contribution in [2.45, 2.75) is 40.2 Å². The first kappa shape index (κ1) is 14.7. The van der Waals surface area contributed by atoms with E-state index in [0.29, 0.717) is 30.9 Å². The average Bonchev–Trinajstić information content (AvgIpc) is 2.32. The number of nitrogens with two attached hydrogens (primary N) is 1. The summed E-state index contributed by atoms with van der Waals surface area (Å²) in [6.45, 7) is 9.51. The molecule has 1 unspecified atom stereocenters. The summed E-state index contributed by atoms with van der Waals surface area (Å²) in [6, 6.07) is 1.93. The first-order valence-corrected chi connectivity index (χ1v) is 6.50. The summed E-state index contributed by atoms with van der Waals surface area (Å²) >= 11 is 0. The number of aromatic nitrogens is 2. The van der Waals surface area contributed by atoms with Gasteiger partial charge in [-0.05, 0) is 19.3 Å². The molecule has 3 N–H and O–H groups in total. The zero-order valence-corrected chi connectivity index (χ0v) is 11.7. The van der Waals surface area contributed by atoms with Crippen molar-refractivity contribution in [1.29, 1.82) is 0 Å². The maximum absolute atomic E-state index is 5.97. The molecule has 1 heterocycles. The van der Waals surface area contributed by atoms with Gasteiger partial charge in [0.25, 0.3) is 0 Å². The van der Waals surface area contributed by atoms with Crippen LogP contribution in [0.2, 0.25) is 0 Å². The molecule has 1 rings (SSSR count). The molecule has 0 bridgehead atoms. The van der Waals surface area contributed by atoms with E-state index in [2.05, 4.69) is 36.1 Å². The number of nitrogens with one attached hydrogen (secondary N) is 1. The Kier molecular flexibility index (Phi) is 5.85. The van der Waals surface area contributed by atoms with Crippen molar-refractivity contribution >= 4 is 5.95 Å². The summed E-state index contributed by atoms with van der Waals surface area (Å²) in [4.78, 5) is 8.62. The van der Waals surface area contributed by atoms with Crippen LogP contribution >= 0.6 is 0 Å². The second-order valence-electron chi connectivity index (χ2n) is 4.81. The Balaban J connectivity index is 2.62. The fraction of sp³-hybridized carbons (Fsp3) is 0.692. The number of aryl methyl sites for hydroxylation is 1. The SMILES string of the molecule is CCCOc1cc(C)nc(NCC(N)C(C)C)n1. The van der Waals surface area contributed by atoms with Crippen LogP contribution in [0.1, 0.15) is 32.9 Å². The number of hydrogen-bond acceptors (Lipinski definition) is 5. The number of nitrogens with zero attached hydrogens (tertiary/aromatic N) is 2. The summed E-state index contributed by atoms with van der Waals surface area (Å²) in [5.41, 5.74) is 6.86. The van der Waals surface area contributed by atoms with Crippen molar-refractivity contribution < 1.29 is 4.74 Å². The number of rotatable bonds is 7. The van der Waals surface area contributed by atoms with Gasteiger partial charge in [0.2, 0.25) is 11.8 Å². The number of ether oxygens (including phenoxy) is 1. The van der Waals surface area contributed by atoms with Crippen LogP contribution in [0.15, 0.2) is 6.07 Å². The highest BCUT2D eigenvalue weighted by atomic mass is 16.5. The molecule has 18 heavy (non-hydrogen) atoms. The Morgan fingerprint density at radius 3 is 2.72 bits per heavy atom. The van der Waals surface area contributed by atoms with Gasteiger partial charge in [0, 0.05) is 24.3 Å². The number of anilines is 1. The van der Waals surface area contributed by atoms with Crippen molar-refractivity contribution in [3.05, 3.63) is 11.8 Å². The molecular weight excluding hydrogens is 228 g/mol. The van der Waals surface area contributed by atoms with Crippen LogP contribution in [0.25, 0.3) is 0 Å². The second-order valence-corrected chi connectivity index (χ2v) is 4.81. The van der Waals surface area contributed by atoms with Crippen molar-refractivity contribution in [3.8, 4) is 5.88 Å². The van der Waals surface area contributed by atoms with Crippen LogP contribution in [-0.4, -0.2) is 29.2 Å². The Morgan fingerprint density at radius 1 is 1.39 bits per heavy atom. The molecule has 0 saturated heterocycles. The minimum absolute atomic E-state index is 0.0918. The maximum Gasteiger partial charge on any atom is 0.226 e. The van der Waals surface area contributed by atoms with E-state index in [9.17, 15) is 0 Å². The third-order valence-corrected chi connectivity index (χ3v) is 2.64. The van der Waals surface area contributed by atoms with Gasteiger partial charge in [-0.2, -0.15) is 4.98 Å². The van der Waals surface area contributed by atoms with Gasteiger partial charge in [-0.1, -0.05) is 20.8 Å². The highest BCUT2D eigenvalue weighted by molar-refractivity contribution is 5.30. The Bertz CT molecular complexity index is 368. The molecular formula is C13H24N4O. The predicted molar refractivity (Wildman–Crippen MR) is 73.9 cm³/mol. The van der Waals surface area contributed by atoms with Gasteiger partial charge in [0.15, 0.2) is 0 Å². The Hall–Kier alpha value is -1.36. The largest absolute Gasteiger partial charge is 0.478 e. The smallest absolute Gasteiger partial charge is 0.226 e. The van der Waals surface area contributed by atoms with Gasteiger partial charge in [-0.25, -0.2) is 4.98 Å². The lowest BCUT2D eigenvalue weighted by Gasteiger charge is -2.16. The first-order chi connectivity index (χ1) is 8.52. The lowest BCUT2D eigenvalue weighted by Crippen LogP contribution is -2.34. The highest BCUT2D eigenvalue weighted by Crippen LogP contribution is 2.12. The summed E-state index contributed by atoms with van der Waals surface area (Å²) in [6.07, 6.45) is 0.962. The van der Waals surface area contributed by atoms with Gasteiger partial charge >= 0.3 is 0 Å². The van der Waals surface area contributed by atoms with Crippen LogP contribution in [0.3, 0.4) is 0 Å². The Labute approximate surface area is 109 Å². The molecule has 1 atom stereocenters. The summed E-state index contributed by atoms with van der Waals surface area (Å²) in [5.74, 6) is 1.63. The molecule has 5 nitrogen and oxygen atoms in total. The quantitative estimate of drug-likeness (QED) is 0.776. The molecule has 0 aromatic carbocycles. The summed E-state index contributed by atoms with van der Waals surface area (Å²) < 4.78 is 5.51. The average molecular weight is 252 g/mol. The molecule has 0 fully saturated rings. The van der Waals surface area contributed by atoms with Crippen molar-refractivity contribution in [1.82, 2.24) is 9.97 Å². The van der Waals surface area contributed by atoms with Crippen LogP contribution < -0.4 is 15.8 Å². The number of hydrogen-bond donors (Lipinski definition) is 2. The van der Waals surface area contributed by atoms with Gasteiger partial charge < -0.3 is 15.8 Å². The van der Waals surface area contributed by atoms with Crippen LogP contribution in [0.4, 0.5) is 5.95 Å². The van der Waals surface area contributed by atoms with Crippen molar-refractivity contribution in [2.24, 2.45) is 11.7 Å². The fourth-order valence-corrected chi connectivity index (χ4v) is 1.34. The molecule has 0 saturated carbocycles. The highest BCUT2D eigenvalue weighted by Gasteiger charge is 2.09. The van der Waals surface area contributed by atoms with E-state index in [-0.39, 0.29) is 6.04 Å². The topological polar surface area (TPSA) is 73.1 Å². The monoisotopic (exact) mass is 252 g/mol. The fourth-order valence-electron chi connectivity index (χ4n) is 1.34.